The maximum absolute atomic E-state index is 11.3. The highest BCUT2D eigenvalue weighted by atomic mass is 35.5. The van der Waals surface area contributed by atoms with E-state index in [1.54, 1.807) is 30.3 Å². The summed E-state index contributed by atoms with van der Waals surface area (Å²) in [5.74, 6) is 0. The van der Waals surface area contributed by atoms with Gasteiger partial charge in [-0.05, 0) is 36.4 Å². The molecule has 0 spiro atoms. The molecule has 6 nitrogen and oxygen atoms in total. The van der Waals surface area contributed by atoms with Gasteiger partial charge in [-0.3, -0.25) is 0 Å². The first-order valence-corrected chi connectivity index (χ1v) is 10.9. The van der Waals surface area contributed by atoms with Gasteiger partial charge >= 0.3 is 0 Å². The Kier molecular flexibility index (Phi) is 6.03. The summed E-state index contributed by atoms with van der Waals surface area (Å²) < 4.78 is 22.6. The second-order valence-electron chi connectivity index (χ2n) is 5.55. The number of nitrogens with two attached hydrogens (primary N) is 1. The maximum Gasteiger partial charge on any atom is 0.238 e. The quantitative estimate of drug-likeness (QED) is 0.545. The zero-order valence-electron chi connectivity index (χ0n) is 14.1. The predicted molar refractivity (Wildman–Crippen MR) is 113 cm³/mol. The first-order valence-electron chi connectivity index (χ1n) is 7.69. The molecule has 1 aromatic heterocycles. The van der Waals surface area contributed by atoms with Gasteiger partial charge in [0.25, 0.3) is 0 Å². The van der Waals surface area contributed by atoms with Crippen LogP contribution in [0.25, 0.3) is 16.8 Å². The Labute approximate surface area is 175 Å². The van der Waals surface area contributed by atoms with Crippen LogP contribution in [0, 0.1) is 11.3 Å². The summed E-state index contributed by atoms with van der Waals surface area (Å²) >= 11 is 13.3. The van der Waals surface area contributed by atoms with E-state index < -0.39 is 10.0 Å². The summed E-state index contributed by atoms with van der Waals surface area (Å²) in [6.07, 6.45) is 1.50. The number of thiazole rings is 1. The zero-order valence-corrected chi connectivity index (χ0v) is 17.2. The molecule has 3 aromatic rings. The van der Waals surface area contributed by atoms with E-state index in [9.17, 15) is 13.7 Å². The minimum Gasteiger partial charge on any atom is -0.360 e. The third-order valence-corrected chi connectivity index (χ3v) is 6.18. The molecular formula is C18H12Cl2N4O2S2. The normalized spacial score (nSPS) is 11.9. The molecule has 3 rings (SSSR count). The number of benzene rings is 2. The molecule has 0 aliphatic carbocycles. The summed E-state index contributed by atoms with van der Waals surface area (Å²) in [5, 5.41) is 20.7. The van der Waals surface area contributed by atoms with E-state index in [0.717, 1.165) is 5.56 Å². The van der Waals surface area contributed by atoms with E-state index >= 15 is 0 Å². The van der Waals surface area contributed by atoms with Crippen LogP contribution in [0.15, 0.2) is 58.9 Å². The van der Waals surface area contributed by atoms with Crippen molar-refractivity contribution < 1.29 is 8.42 Å². The minimum absolute atomic E-state index is 0.00808. The lowest BCUT2D eigenvalue weighted by Crippen LogP contribution is -2.11. The number of rotatable bonds is 5. The van der Waals surface area contributed by atoms with Gasteiger partial charge in [-0.2, -0.15) is 5.26 Å². The van der Waals surface area contributed by atoms with E-state index in [1.165, 1.54) is 29.7 Å². The van der Waals surface area contributed by atoms with E-state index in [0.29, 0.717) is 32.0 Å². The molecule has 0 atom stereocenters. The third kappa shape index (κ3) is 4.70. The van der Waals surface area contributed by atoms with Crippen molar-refractivity contribution in [2.45, 2.75) is 4.90 Å². The van der Waals surface area contributed by atoms with Crippen molar-refractivity contribution in [2.24, 2.45) is 5.14 Å². The van der Waals surface area contributed by atoms with Crippen LogP contribution >= 0.6 is 34.5 Å². The molecule has 0 saturated heterocycles. The summed E-state index contributed by atoms with van der Waals surface area (Å²) in [6.45, 7) is 0. The van der Waals surface area contributed by atoms with Crippen molar-refractivity contribution in [3.8, 4) is 17.3 Å². The molecule has 3 N–H and O–H groups in total. The molecule has 0 unspecified atom stereocenters. The average molecular weight is 451 g/mol. The molecule has 0 fully saturated rings. The maximum atomic E-state index is 11.3. The van der Waals surface area contributed by atoms with Crippen molar-refractivity contribution in [1.29, 1.82) is 5.26 Å². The van der Waals surface area contributed by atoms with E-state index in [2.05, 4.69) is 16.4 Å². The second kappa shape index (κ2) is 8.31. The number of nitrogens with zero attached hydrogens (tertiary/aromatic N) is 2. The van der Waals surface area contributed by atoms with Gasteiger partial charge in [-0.15, -0.1) is 11.3 Å². The number of nitrogens with one attached hydrogen (secondary N) is 1. The van der Waals surface area contributed by atoms with E-state index in [-0.39, 0.29) is 4.90 Å². The number of nitriles is 1. The van der Waals surface area contributed by atoms with Crippen molar-refractivity contribution in [3.05, 3.63) is 69.1 Å². The zero-order chi connectivity index (χ0) is 20.3. The van der Waals surface area contributed by atoms with Crippen LogP contribution in [0.3, 0.4) is 0 Å². The van der Waals surface area contributed by atoms with Gasteiger partial charge in [0.05, 0.1) is 20.6 Å². The fourth-order valence-electron chi connectivity index (χ4n) is 2.22. The van der Waals surface area contributed by atoms with Crippen LogP contribution in [0.2, 0.25) is 10.0 Å². The van der Waals surface area contributed by atoms with Crippen molar-refractivity contribution in [2.75, 3.05) is 5.32 Å². The summed E-state index contributed by atoms with van der Waals surface area (Å²) in [7, 11) is -3.75. The van der Waals surface area contributed by atoms with Crippen LogP contribution in [0.4, 0.5) is 5.69 Å². The molecule has 0 radical (unpaired) electrons. The molecule has 0 bridgehead atoms. The summed E-state index contributed by atoms with van der Waals surface area (Å²) in [5.41, 5.74) is 2.39. The van der Waals surface area contributed by atoms with Crippen LogP contribution in [-0.4, -0.2) is 13.4 Å². The smallest absolute Gasteiger partial charge is 0.238 e. The van der Waals surface area contributed by atoms with Gasteiger partial charge in [0.2, 0.25) is 10.0 Å². The van der Waals surface area contributed by atoms with Crippen molar-refractivity contribution >= 4 is 55.8 Å². The summed E-state index contributed by atoms with van der Waals surface area (Å²) in [6, 6.07) is 13.1. The topological polar surface area (TPSA) is 109 Å². The van der Waals surface area contributed by atoms with E-state index in [1.807, 2.05) is 5.38 Å². The molecule has 1 heterocycles. The number of aromatic nitrogens is 1. The minimum atomic E-state index is -3.75. The molecule has 0 aliphatic heterocycles. The molecule has 0 aliphatic rings. The lowest BCUT2D eigenvalue weighted by molar-refractivity contribution is 0.598. The van der Waals surface area contributed by atoms with Gasteiger partial charge in [0.1, 0.15) is 16.6 Å². The molecule has 142 valence electrons. The standard InChI is InChI=1S/C18H12Cl2N4O2S2/c19-15-6-1-11(7-16(15)20)17-10-27-18(24-17)12(8-21)9-23-13-2-4-14(5-3-13)28(22,25)26/h1-7,9-10,23H,(H2,22,25,26)/b12-9+. The Morgan fingerprint density at radius 3 is 2.50 bits per heavy atom. The van der Waals surface area contributed by atoms with Crippen LogP contribution in [-0.2, 0) is 10.0 Å². The Morgan fingerprint density at radius 2 is 1.89 bits per heavy atom. The van der Waals surface area contributed by atoms with Crippen LogP contribution in [0.5, 0.6) is 0 Å². The highest BCUT2D eigenvalue weighted by Crippen LogP contribution is 2.30. The molecule has 0 amide bonds. The molecule has 0 saturated carbocycles. The molecular weight excluding hydrogens is 439 g/mol. The fourth-order valence-corrected chi connectivity index (χ4v) is 3.83. The molecule has 28 heavy (non-hydrogen) atoms. The fraction of sp³-hybridized carbons (Fsp3) is 0. The lowest BCUT2D eigenvalue weighted by Gasteiger charge is -2.03. The third-order valence-electron chi connectivity index (χ3n) is 3.64. The van der Waals surface area contributed by atoms with Gasteiger partial charge in [-0.25, -0.2) is 18.5 Å². The van der Waals surface area contributed by atoms with E-state index in [4.69, 9.17) is 28.3 Å². The Balaban J connectivity index is 1.81. The number of allylic oxidation sites excluding steroid dienone is 1. The van der Waals surface area contributed by atoms with Crippen LogP contribution in [0.1, 0.15) is 5.01 Å². The van der Waals surface area contributed by atoms with Gasteiger partial charge in [0.15, 0.2) is 0 Å². The highest BCUT2D eigenvalue weighted by Gasteiger charge is 2.11. The van der Waals surface area contributed by atoms with Gasteiger partial charge in [-0.1, -0.05) is 29.3 Å². The van der Waals surface area contributed by atoms with Gasteiger partial charge < -0.3 is 5.32 Å². The number of hydrogen-bond donors (Lipinski definition) is 2. The molecule has 2 aromatic carbocycles. The SMILES string of the molecule is N#C/C(=C\Nc1ccc(S(N)(=O)=O)cc1)c1nc(-c2ccc(Cl)c(Cl)c2)cs1. The predicted octanol–water partition coefficient (Wildman–Crippen LogP) is 4.74. The Morgan fingerprint density at radius 1 is 1.18 bits per heavy atom. The highest BCUT2D eigenvalue weighted by molar-refractivity contribution is 7.89. The Hall–Kier alpha value is -2.41. The number of anilines is 1. The number of primary sulfonamides is 1. The van der Waals surface area contributed by atoms with Crippen LogP contribution < -0.4 is 10.5 Å². The number of sulfonamides is 1. The number of hydrogen-bond acceptors (Lipinski definition) is 6. The molecule has 10 heteroatoms. The lowest BCUT2D eigenvalue weighted by atomic mass is 10.2. The monoisotopic (exact) mass is 450 g/mol. The number of halogens is 2. The summed E-state index contributed by atoms with van der Waals surface area (Å²) in [4.78, 5) is 4.48. The first-order chi connectivity index (χ1) is 13.3. The first kappa shape index (κ1) is 20.3. The largest absolute Gasteiger partial charge is 0.360 e. The van der Waals surface area contributed by atoms with Gasteiger partial charge in [0, 0.05) is 22.8 Å². The Bertz CT molecular complexity index is 1200. The second-order valence-corrected chi connectivity index (χ2v) is 8.78. The van der Waals surface area contributed by atoms with Crippen molar-refractivity contribution in [1.82, 2.24) is 4.98 Å². The average Bonchev–Trinajstić information content (AvgIpc) is 3.14. The van der Waals surface area contributed by atoms with Crippen molar-refractivity contribution in [3.63, 3.8) is 0 Å².